The van der Waals surface area contributed by atoms with E-state index < -0.39 is 0 Å². The van der Waals surface area contributed by atoms with Gasteiger partial charge in [-0.15, -0.1) is 0 Å². The Morgan fingerprint density at radius 1 is 0.800 bits per heavy atom. The molecule has 0 unspecified atom stereocenters. The largest absolute Gasteiger partial charge is 0.366 e. The minimum atomic E-state index is -0.370. The van der Waals surface area contributed by atoms with Crippen LogP contribution in [0.5, 0.6) is 0 Å². The van der Waals surface area contributed by atoms with Gasteiger partial charge in [-0.25, -0.2) is 9.29 Å². The molecule has 0 bridgehead atoms. The Labute approximate surface area is 177 Å². The summed E-state index contributed by atoms with van der Waals surface area (Å²) < 4.78 is 13.5. The Hall–Kier alpha value is -2.95. The zero-order valence-electron chi connectivity index (χ0n) is 17.7. The van der Waals surface area contributed by atoms with Crippen LogP contribution in [-0.4, -0.2) is 29.8 Å². The molecule has 1 saturated heterocycles. The Morgan fingerprint density at radius 3 is 1.97 bits per heavy atom. The summed E-state index contributed by atoms with van der Waals surface area (Å²) in [6.45, 7) is 7.86. The average molecular weight is 407 g/mol. The maximum Gasteiger partial charge on any atom is 0.282 e. The number of anilines is 1. The van der Waals surface area contributed by atoms with Gasteiger partial charge in [0.1, 0.15) is 11.5 Å². The van der Waals surface area contributed by atoms with E-state index in [4.69, 9.17) is 0 Å². The summed E-state index contributed by atoms with van der Waals surface area (Å²) in [6.07, 6.45) is 3.10. The predicted octanol–water partition coefficient (Wildman–Crippen LogP) is 4.89. The highest BCUT2D eigenvalue weighted by molar-refractivity contribution is 6.45. The highest BCUT2D eigenvalue weighted by Gasteiger charge is 2.42. The zero-order chi connectivity index (χ0) is 21.5. The normalized spacial score (nSPS) is 17.9. The summed E-state index contributed by atoms with van der Waals surface area (Å²) >= 11 is 0. The van der Waals surface area contributed by atoms with E-state index in [0.29, 0.717) is 22.5 Å². The van der Waals surface area contributed by atoms with E-state index in [1.807, 2.05) is 29.2 Å². The summed E-state index contributed by atoms with van der Waals surface area (Å²) in [5.41, 5.74) is 3.05. The molecule has 2 heterocycles. The SMILES string of the molecule is CC(C)(C)c1ccc(N2C(=O)C(c3ccc(F)cc3)=C(N3CCCCC3)C2=O)cc1. The van der Waals surface area contributed by atoms with E-state index in [-0.39, 0.29) is 23.0 Å². The summed E-state index contributed by atoms with van der Waals surface area (Å²) in [7, 11) is 0. The van der Waals surface area contributed by atoms with Crippen LogP contribution in [0.1, 0.15) is 51.2 Å². The van der Waals surface area contributed by atoms with Crippen molar-refractivity contribution < 1.29 is 14.0 Å². The predicted molar refractivity (Wildman–Crippen MR) is 116 cm³/mol. The number of likely N-dealkylation sites (tertiary alicyclic amines) is 1. The van der Waals surface area contributed by atoms with E-state index in [1.165, 1.54) is 17.0 Å². The van der Waals surface area contributed by atoms with Gasteiger partial charge in [0.2, 0.25) is 0 Å². The van der Waals surface area contributed by atoms with Crippen LogP contribution in [-0.2, 0) is 15.0 Å². The van der Waals surface area contributed by atoms with Crippen LogP contribution in [0.4, 0.5) is 10.1 Å². The van der Waals surface area contributed by atoms with Crippen LogP contribution in [0.2, 0.25) is 0 Å². The molecular weight excluding hydrogens is 379 g/mol. The highest BCUT2D eigenvalue weighted by Crippen LogP contribution is 2.36. The van der Waals surface area contributed by atoms with Gasteiger partial charge in [-0.2, -0.15) is 0 Å². The molecule has 0 spiro atoms. The first kappa shape index (κ1) is 20.3. The van der Waals surface area contributed by atoms with Crippen molar-refractivity contribution in [2.24, 2.45) is 0 Å². The lowest BCUT2D eigenvalue weighted by atomic mass is 9.87. The molecule has 0 atom stereocenters. The number of rotatable bonds is 3. The van der Waals surface area contributed by atoms with Gasteiger partial charge in [0.05, 0.1) is 11.3 Å². The molecule has 0 aromatic heterocycles. The molecule has 30 heavy (non-hydrogen) atoms. The molecule has 2 aromatic rings. The molecule has 0 radical (unpaired) electrons. The maximum absolute atomic E-state index is 13.5. The van der Waals surface area contributed by atoms with Crippen LogP contribution in [0.3, 0.4) is 0 Å². The topological polar surface area (TPSA) is 40.6 Å². The number of carbonyl (C=O) groups excluding carboxylic acids is 2. The number of halogens is 1. The van der Waals surface area contributed by atoms with Gasteiger partial charge in [-0.1, -0.05) is 45.0 Å². The van der Waals surface area contributed by atoms with Gasteiger partial charge in [-0.3, -0.25) is 9.59 Å². The van der Waals surface area contributed by atoms with E-state index in [2.05, 4.69) is 20.8 Å². The summed E-state index contributed by atoms with van der Waals surface area (Å²) in [5, 5.41) is 0. The highest BCUT2D eigenvalue weighted by atomic mass is 19.1. The van der Waals surface area contributed by atoms with Crippen LogP contribution in [0, 0.1) is 5.82 Å². The fraction of sp³-hybridized carbons (Fsp3) is 0.360. The Balaban J connectivity index is 1.77. The van der Waals surface area contributed by atoms with Gasteiger partial charge in [-0.05, 0) is 60.1 Å². The maximum atomic E-state index is 13.5. The first-order chi connectivity index (χ1) is 14.3. The van der Waals surface area contributed by atoms with Gasteiger partial charge >= 0.3 is 0 Å². The lowest BCUT2D eigenvalue weighted by molar-refractivity contribution is -0.120. The standard InChI is InChI=1S/C25H27FN2O2/c1-25(2,3)18-9-13-20(14-10-18)28-23(29)21(17-7-11-19(26)12-8-17)22(24(28)30)27-15-5-4-6-16-27/h7-14H,4-6,15-16H2,1-3H3. The molecule has 5 heteroatoms. The second-order valence-electron chi connectivity index (χ2n) is 9.02. The number of benzene rings is 2. The van der Waals surface area contributed by atoms with E-state index in [1.54, 1.807) is 12.1 Å². The monoisotopic (exact) mass is 406 g/mol. The quantitative estimate of drug-likeness (QED) is 0.681. The van der Waals surface area contributed by atoms with Gasteiger partial charge in [0, 0.05) is 13.1 Å². The molecule has 1 fully saturated rings. The second kappa shape index (κ2) is 7.71. The van der Waals surface area contributed by atoms with Gasteiger partial charge in [0.15, 0.2) is 0 Å². The molecule has 0 aliphatic carbocycles. The summed E-state index contributed by atoms with van der Waals surface area (Å²) in [4.78, 5) is 30.2. The number of carbonyl (C=O) groups is 2. The number of amides is 2. The molecule has 2 aliphatic heterocycles. The van der Waals surface area contributed by atoms with Gasteiger partial charge in [0.25, 0.3) is 11.8 Å². The van der Waals surface area contributed by atoms with Crippen LogP contribution in [0.25, 0.3) is 5.57 Å². The van der Waals surface area contributed by atoms with Crippen molar-refractivity contribution in [1.82, 2.24) is 4.90 Å². The van der Waals surface area contributed by atoms with Crippen LogP contribution in [0.15, 0.2) is 54.2 Å². The Bertz CT molecular complexity index is 995. The minimum Gasteiger partial charge on any atom is -0.366 e. The van der Waals surface area contributed by atoms with Crippen LogP contribution >= 0.6 is 0 Å². The summed E-state index contributed by atoms with van der Waals surface area (Å²) in [5.74, 6) is -1.02. The fourth-order valence-corrected chi connectivity index (χ4v) is 4.15. The van der Waals surface area contributed by atoms with Crippen molar-refractivity contribution in [2.75, 3.05) is 18.0 Å². The van der Waals surface area contributed by atoms with Crippen molar-refractivity contribution in [3.63, 3.8) is 0 Å². The second-order valence-corrected chi connectivity index (χ2v) is 9.02. The van der Waals surface area contributed by atoms with Gasteiger partial charge < -0.3 is 4.90 Å². The molecule has 156 valence electrons. The van der Waals surface area contributed by atoms with Crippen molar-refractivity contribution in [1.29, 1.82) is 0 Å². The number of piperidine rings is 1. The smallest absolute Gasteiger partial charge is 0.282 e. The molecule has 4 nitrogen and oxygen atoms in total. The Kier molecular flexibility index (Phi) is 5.22. The van der Waals surface area contributed by atoms with Crippen molar-refractivity contribution >= 4 is 23.1 Å². The molecule has 0 N–H and O–H groups in total. The number of hydrogen-bond acceptors (Lipinski definition) is 3. The van der Waals surface area contributed by atoms with Crippen LogP contribution < -0.4 is 4.90 Å². The average Bonchev–Trinajstić information content (AvgIpc) is 2.99. The number of hydrogen-bond donors (Lipinski definition) is 0. The molecule has 2 aromatic carbocycles. The lowest BCUT2D eigenvalue weighted by Gasteiger charge is -2.29. The first-order valence-electron chi connectivity index (χ1n) is 10.5. The molecular formula is C25H27FN2O2. The van der Waals surface area contributed by atoms with E-state index in [0.717, 1.165) is 37.9 Å². The summed E-state index contributed by atoms with van der Waals surface area (Å²) in [6, 6.07) is 13.4. The third-order valence-electron chi connectivity index (χ3n) is 5.86. The molecule has 4 rings (SSSR count). The first-order valence-corrected chi connectivity index (χ1v) is 10.5. The lowest BCUT2D eigenvalue weighted by Crippen LogP contribution is -2.37. The fourth-order valence-electron chi connectivity index (χ4n) is 4.15. The number of imide groups is 1. The zero-order valence-corrected chi connectivity index (χ0v) is 17.7. The third-order valence-corrected chi connectivity index (χ3v) is 5.86. The van der Waals surface area contributed by atoms with Crippen molar-refractivity contribution in [2.45, 2.75) is 45.4 Å². The minimum absolute atomic E-state index is 0.0198. The third kappa shape index (κ3) is 3.64. The van der Waals surface area contributed by atoms with E-state index in [9.17, 15) is 14.0 Å². The van der Waals surface area contributed by atoms with Crippen molar-refractivity contribution in [3.8, 4) is 0 Å². The molecule has 2 amide bonds. The Morgan fingerprint density at radius 2 is 1.40 bits per heavy atom. The molecule has 0 saturated carbocycles. The molecule has 2 aliphatic rings. The van der Waals surface area contributed by atoms with Crippen molar-refractivity contribution in [3.05, 3.63) is 71.2 Å². The van der Waals surface area contributed by atoms with E-state index >= 15 is 0 Å². The number of nitrogens with zero attached hydrogens (tertiary/aromatic N) is 2.